The van der Waals surface area contributed by atoms with Crippen LogP contribution in [0, 0.1) is 0 Å². The van der Waals surface area contributed by atoms with E-state index in [9.17, 15) is 13.6 Å². The Balaban J connectivity index is 2.36. The van der Waals surface area contributed by atoms with E-state index < -0.39 is 16.1 Å². The van der Waals surface area contributed by atoms with Crippen LogP contribution in [-0.2, 0) is 25.6 Å². The Morgan fingerprint density at radius 3 is 2.38 bits per heavy atom. The van der Waals surface area contributed by atoms with E-state index in [1.54, 1.807) is 54.0 Å². The Morgan fingerprint density at radius 1 is 1.19 bits per heavy atom. The van der Waals surface area contributed by atoms with Crippen molar-refractivity contribution in [1.82, 2.24) is 5.48 Å². The van der Waals surface area contributed by atoms with E-state index in [1.165, 1.54) is 6.26 Å². The fourth-order valence-corrected chi connectivity index (χ4v) is 2.97. The minimum absolute atomic E-state index is 0.0600. The van der Waals surface area contributed by atoms with Crippen LogP contribution in [0.5, 0.6) is 0 Å². The lowest BCUT2D eigenvalue weighted by Gasteiger charge is -2.13. The number of carbonyl (C=O) groups is 1. The number of hydrogen-bond donors (Lipinski definition) is 2. The number of amides is 1. The normalized spacial score (nSPS) is 13.5. The second kappa shape index (κ2) is 6.17. The number of sulfone groups is 1. The van der Waals surface area contributed by atoms with Gasteiger partial charge in [0.15, 0.2) is 4.90 Å². The molecule has 1 unspecified atom stereocenters. The first-order chi connectivity index (χ1) is 9.91. The fourth-order valence-electron chi connectivity index (χ4n) is 2.06. The molecule has 0 aliphatic heterocycles. The third-order valence-corrected chi connectivity index (χ3v) is 4.20. The summed E-state index contributed by atoms with van der Waals surface area (Å²) < 4.78 is 23.6. The summed E-state index contributed by atoms with van der Waals surface area (Å²) in [5, 5.41) is 8.49. The molecule has 0 bridgehead atoms. The van der Waals surface area contributed by atoms with Crippen molar-refractivity contribution in [2.24, 2.45) is 0 Å². The van der Waals surface area contributed by atoms with Gasteiger partial charge in [-0.25, -0.2) is 5.48 Å². The Hall–Kier alpha value is -2.02. The number of hydrogen-bond acceptors (Lipinski definition) is 4. The topological polar surface area (TPSA) is 89.5 Å². The van der Waals surface area contributed by atoms with Gasteiger partial charge in [0, 0.05) is 5.56 Å². The number of benzene rings is 2. The van der Waals surface area contributed by atoms with Crippen molar-refractivity contribution in [3.63, 3.8) is 0 Å². The highest BCUT2D eigenvalue weighted by molar-refractivity contribution is 7.97. The Morgan fingerprint density at radius 2 is 1.81 bits per heavy atom. The second-order valence-corrected chi connectivity index (χ2v) is 6.66. The van der Waals surface area contributed by atoms with Crippen molar-refractivity contribution in [2.75, 3.05) is 6.26 Å². The molecule has 5 nitrogen and oxygen atoms in total. The van der Waals surface area contributed by atoms with Crippen LogP contribution in [0.25, 0.3) is 11.1 Å². The van der Waals surface area contributed by atoms with Crippen molar-refractivity contribution in [3.8, 4) is 11.1 Å². The van der Waals surface area contributed by atoms with E-state index in [2.05, 4.69) is 0 Å². The molecule has 21 heavy (non-hydrogen) atoms. The fraction of sp³-hybridized carbons (Fsp3) is 0.133. The summed E-state index contributed by atoms with van der Waals surface area (Å²) in [5.74, 6) is -0.501. The van der Waals surface area contributed by atoms with E-state index in [0.29, 0.717) is 5.56 Å². The summed E-state index contributed by atoms with van der Waals surface area (Å²) >= 11 is 0. The third kappa shape index (κ3) is 3.75. The summed E-state index contributed by atoms with van der Waals surface area (Å²) in [7, 11) is -3.31. The highest BCUT2D eigenvalue weighted by Gasteiger charge is 2.18. The summed E-state index contributed by atoms with van der Waals surface area (Å²) in [6, 6.07) is 13.7. The molecule has 2 aromatic carbocycles. The van der Waals surface area contributed by atoms with Gasteiger partial charge in [-0.05, 0) is 23.3 Å². The van der Waals surface area contributed by atoms with Crippen LogP contribution in [0.15, 0.2) is 53.4 Å². The van der Waals surface area contributed by atoms with Gasteiger partial charge in [0.1, 0.15) is 6.26 Å². The summed E-state index contributed by atoms with van der Waals surface area (Å²) in [5.41, 5.74) is 3.67. The largest absolute Gasteiger partial charge is 0.610 e. The average molecular weight is 305 g/mol. The van der Waals surface area contributed by atoms with Crippen molar-refractivity contribution >= 4 is 16.1 Å². The molecule has 0 radical (unpaired) electrons. The van der Waals surface area contributed by atoms with Gasteiger partial charge in [0.2, 0.25) is 5.91 Å². The zero-order valence-electron chi connectivity index (χ0n) is 11.4. The van der Waals surface area contributed by atoms with E-state index in [1.807, 2.05) is 0 Å². The first-order valence-corrected chi connectivity index (χ1v) is 8.12. The number of hydroxylamine groups is 1. The van der Waals surface area contributed by atoms with Crippen LogP contribution < -0.4 is 5.48 Å². The monoisotopic (exact) mass is 305 g/mol. The number of rotatable bonds is 4. The molecule has 0 saturated heterocycles. The Kier molecular flexibility index (Phi) is 4.52. The summed E-state index contributed by atoms with van der Waals surface area (Å²) in [4.78, 5) is 11.4. The SMILES string of the molecule is C[S+](=O)([O-])c1ccccc1-c1ccc(CC(=O)NO)cc1. The summed E-state index contributed by atoms with van der Waals surface area (Å²) in [6.45, 7) is 0. The van der Waals surface area contributed by atoms with E-state index in [0.717, 1.165) is 11.1 Å². The van der Waals surface area contributed by atoms with Gasteiger partial charge in [-0.15, -0.1) is 4.21 Å². The molecule has 0 heterocycles. The van der Waals surface area contributed by atoms with Crippen LogP contribution in [-0.4, -0.2) is 21.9 Å². The van der Waals surface area contributed by atoms with Gasteiger partial charge >= 0.3 is 0 Å². The molecule has 2 rings (SSSR count). The second-order valence-electron chi connectivity index (χ2n) is 4.68. The van der Waals surface area contributed by atoms with Crippen LogP contribution in [0.3, 0.4) is 0 Å². The molecule has 0 aliphatic carbocycles. The average Bonchev–Trinajstić information content (AvgIpc) is 2.47. The standard InChI is InChI=1S/C15H15NO4S/c1-21(19,20)14-5-3-2-4-13(14)12-8-6-11(7-9-12)10-15(17)16-18/h2-9H,10H2,1H3,(H2-,16,17,18,19,20). The molecular formula is C15H15NO4S. The Labute approximate surface area is 123 Å². The summed E-state index contributed by atoms with van der Waals surface area (Å²) in [6.07, 6.45) is 1.23. The van der Waals surface area contributed by atoms with Crippen molar-refractivity contribution in [1.29, 1.82) is 0 Å². The molecule has 1 atom stereocenters. The molecule has 6 heteroatoms. The molecule has 1 amide bonds. The predicted octanol–water partition coefficient (Wildman–Crippen LogP) is 2.02. The van der Waals surface area contributed by atoms with Crippen LogP contribution in [0.1, 0.15) is 5.56 Å². The van der Waals surface area contributed by atoms with Crippen molar-refractivity contribution in [3.05, 3.63) is 54.1 Å². The van der Waals surface area contributed by atoms with E-state index >= 15 is 0 Å². The predicted molar refractivity (Wildman–Crippen MR) is 78.5 cm³/mol. The highest BCUT2D eigenvalue weighted by atomic mass is 32.3. The maximum Gasteiger partial charge on any atom is 0.247 e. The van der Waals surface area contributed by atoms with Gasteiger partial charge < -0.3 is 4.55 Å². The minimum atomic E-state index is -3.31. The van der Waals surface area contributed by atoms with E-state index in [4.69, 9.17) is 5.21 Å². The van der Waals surface area contributed by atoms with Crippen LogP contribution >= 0.6 is 0 Å². The van der Waals surface area contributed by atoms with Crippen molar-refractivity contribution in [2.45, 2.75) is 11.3 Å². The first kappa shape index (κ1) is 15.4. The maximum atomic E-state index is 11.8. The van der Waals surface area contributed by atoms with Gasteiger partial charge in [-0.1, -0.05) is 36.4 Å². The molecular weight excluding hydrogens is 290 g/mol. The lowest BCUT2D eigenvalue weighted by molar-refractivity contribution is -0.128. The zero-order valence-corrected chi connectivity index (χ0v) is 12.2. The number of carbonyl (C=O) groups excluding carboxylic acids is 1. The molecule has 0 saturated carbocycles. The molecule has 0 spiro atoms. The van der Waals surface area contributed by atoms with Gasteiger partial charge in [-0.3, -0.25) is 10.0 Å². The highest BCUT2D eigenvalue weighted by Crippen LogP contribution is 2.29. The Bertz CT molecular complexity index is 691. The third-order valence-electron chi connectivity index (χ3n) is 3.04. The van der Waals surface area contributed by atoms with Gasteiger partial charge in [0.25, 0.3) is 0 Å². The van der Waals surface area contributed by atoms with Gasteiger partial charge in [0.05, 0.1) is 16.6 Å². The molecule has 0 aliphatic rings. The zero-order chi connectivity index (χ0) is 15.5. The molecule has 110 valence electrons. The first-order valence-electron chi connectivity index (χ1n) is 6.23. The number of nitrogens with one attached hydrogen (secondary N) is 1. The molecule has 2 N–H and O–H groups in total. The molecule has 0 aromatic heterocycles. The maximum absolute atomic E-state index is 11.8. The molecule has 0 fully saturated rings. The van der Waals surface area contributed by atoms with Crippen LogP contribution in [0.4, 0.5) is 0 Å². The van der Waals surface area contributed by atoms with E-state index in [-0.39, 0.29) is 11.3 Å². The van der Waals surface area contributed by atoms with Crippen molar-refractivity contribution < 1.29 is 18.8 Å². The minimum Gasteiger partial charge on any atom is -0.610 e. The van der Waals surface area contributed by atoms with Gasteiger partial charge in [-0.2, -0.15) is 0 Å². The lowest BCUT2D eigenvalue weighted by Crippen LogP contribution is -2.20. The quantitative estimate of drug-likeness (QED) is 0.514. The van der Waals surface area contributed by atoms with Crippen LogP contribution in [0.2, 0.25) is 0 Å². The smallest absolute Gasteiger partial charge is 0.247 e. The lowest BCUT2D eigenvalue weighted by atomic mass is 10.0. The molecule has 2 aromatic rings.